The predicted molar refractivity (Wildman–Crippen MR) is 218 cm³/mol. The fraction of sp³-hybridized carbons (Fsp3) is 0.200. The zero-order valence-corrected chi connectivity index (χ0v) is 53.9. The van der Waals surface area contributed by atoms with Crippen molar-refractivity contribution < 1.29 is 244 Å². The SMILES string of the molecule is CNc1c(N=Nc2ccc(S(=O)(=O)CCOSOO[O-])cc2S(=O)(=O)[O-])cc(N=Nc2ccc(OC)cc2S(=O)(=O)[O-])c(N)c1N=Nc1ccc(S(=O)(=O)CCOS(=O)(=O)[O-])cc1S(=O)(=O)[O-].[Na+].[Na+].[Na+].[Na+].[Na+]. The average Bonchev–Trinajstić information content (AvgIpc) is 3.23. The number of hydrogen-bond donors (Lipinski definition) is 2. The van der Waals surface area contributed by atoms with Crippen molar-refractivity contribution in [3.63, 3.8) is 0 Å². The maximum atomic E-state index is 12.9. The fourth-order valence-corrected chi connectivity index (χ4v) is 10.0. The van der Waals surface area contributed by atoms with Gasteiger partial charge in [-0.25, -0.2) is 50.5 Å². The number of nitrogen functional groups attached to an aromatic ring is 1. The molecule has 4 rings (SSSR count). The van der Waals surface area contributed by atoms with Crippen molar-refractivity contribution in [2.75, 3.05) is 49.9 Å². The topological polar surface area (TPSA) is 478 Å². The Hall–Kier alpha value is -0.230. The molecule has 4 aromatic rings. The average molecular weight is 1190 g/mol. The molecule has 366 valence electrons. The summed E-state index contributed by atoms with van der Waals surface area (Å²) in [6, 6.07) is 7.78. The van der Waals surface area contributed by atoms with Crippen LogP contribution < -0.4 is 169 Å². The number of nitrogens with two attached hydrogens (primary N) is 1. The minimum absolute atomic E-state index is 0. The van der Waals surface area contributed by atoms with E-state index in [0.717, 1.165) is 36.4 Å². The quantitative estimate of drug-likeness (QED) is 0.00801. The van der Waals surface area contributed by atoms with Crippen LogP contribution in [0, 0.1) is 0 Å². The van der Waals surface area contributed by atoms with E-state index in [1.807, 2.05) is 0 Å². The van der Waals surface area contributed by atoms with Crippen LogP contribution in [0.3, 0.4) is 0 Å². The van der Waals surface area contributed by atoms with E-state index in [2.05, 4.69) is 53.7 Å². The summed E-state index contributed by atoms with van der Waals surface area (Å²) in [5.74, 6) is -2.09. The van der Waals surface area contributed by atoms with Crippen molar-refractivity contribution in [2.45, 2.75) is 24.5 Å². The molecule has 0 atom stereocenters. The van der Waals surface area contributed by atoms with E-state index in [-0.39, 0.29) is 172 Å². The summed E-state index contributed by atoms with van der Waals surface area (Å²) in [6.07, 6.45) is 0. The van der Waals surface area contributed by atoms with Crippen molar-refractivity contribution >= 4 is 118 Å². The molecular formula is C30H27N8Na5O22S7. The Morgan fingerprint density at radius 3 is 1.42 bits per heavy atom. The van der Waals surface area contributed by atoms with E-state index in [0.29, 0.717) is 18.2 Å². The first-order chi connectivity index (χ1) is 31.0. The van der Waals surface area contributed by atoms with Crippen LogP contribution >= 0.6 is 12.3 Å². The van der Waals surface area contributed by atoms with Crippen molar-refractivity contribution in [3.05, 3.63) is 60.7 Å². The summed E-state index contributed by atoms with van der Waals surface area (Å²) in [4.78, 5) is -5.04. The molecule has 0 fully saturated rings. The molecule has 0 aliphatic rings. The van der Waals surface area contributed by atoms with Crippen LogP contribution in [0.25, 0.3) is 0 Å². The molecule has 72 heavy (non-hydrogen) atoms. The summed E-state index contributed by atoms with van der Waals surface area (Å²) in [5.41, 5.74) is 1.65. The van der Waals surface area contributed by atoms with E-state index in [1.54, 1.807) is 0 Å². The first-order valence-electron chi connectivity index (χ1n) is 17.1. The van der Waals surface area contributed by atoms with Crippen LogP contribution in [-0.4, -0.2) is 108 Å². The third-order valence-electron chi connectivity index (χ3n) is 8.01. The Morgan fingerprint density at radius 1 is 0.569 bits per heavy atom. The summed E-state index contributed by atoms with van der Waals surface area (Å²) in [7, 11) is -28.4. The van der Waals surface area contributed by atoms with E-state index in [1.165, 1.54) is 20.2 Å². The van der Waals surface area contributed by atoms with Crippen molar-refractivity contribution in [2.24, 2.45) is 30.7 Å². The summed E-state index contributed by atoms with van der Waals surface area (Å²) in [5, 5.41) is 38.4. The van der Waals surface area contributed by atoms with Crippen molar-refractivity contribution in [1.82, 2.24) is 0 Å². The first kappa shape index (κ1) is 73.8. The number of azo groups is 3. The molecule has 42 heteroatoms. The molecule has 0 amide bonds. The molecule has 0 aromatic heterocycles. The minimum atomic E-state index is -5.63. The fourth-order valence-electron chi connectivity index (χ4n) is 5.02. The molecule has 0 spiro atoms. The Bertz CT molecular complexity index is 3340. The number of ether oxygens (including phenoxy) is 1. The zero-order chi connectivity index (χ0) is 50.2. The van der Waals surface area contributed by atoms with E-state index in [9.17, 15) is 74.0 Å². The number of nitrogens with zero attached hydrogens (tertiary/aromatic N) is 6. The zero-order valence-electron chi connectivity index (χ0n) is 38.2. The van der Waals surface area contributed by atoms with E-state index >= 15 is 0 Å². The van der Waals surface area contributed by atoms with Gasteiger partial charge in [0.1, 0.15) is 70.2 Å². The van der Waals surface area contributed by atoms with Crippen molar-refractivity contribution in [3.8, 4) is 5.75 Å². The maximum Gasteiger partial charge on any atom is 1.00 e. The van der Waals surface area contributed by atoms with Crippen LogP contribution in [0.4, 0.5) is 45.5 Å². The van der Waals surface area contributed by atoms with Gasteiger partial charge in [0.15, 0.2) is 32.0 Å². The van der Waals surface area contributed by atoms with Gasteiger partial charge in [-0.05, 0) is 60.7 Å². The minimum Gasteiger partial charge on any atom is -0.744 e. The summed E-state index contributed by atoms with van der Waals surface area (Å²) < 4.78 is 211. The molecule has 0 aliphatic heterocycles. The van der Waals surface area contributed by atoms with Gasteiger partial charge in [-0.2, -0.15) is 0 Å². The summed E-state index contributed by atoms with van der Waals surface area (Å²) in [6.45, 7) is -1.80. The van der Waals surface area contributed by atoms with Crippen LogP contribution in [0.1, 0.15) is 0 Å². The number of benzene rings is 4. The molecule has 3 N–H and O–H groups in total. The first-order valence-corrected chi connectivity index (χ1v) is 26.6. The van der Waals surface area contributed by atoms with Crippen LogP contribution in [-0.2, 0) is 78.2 Å². The largest absolute Gasteiger partial charge is 1.00 e. The van der Waals surface area contributed by atoms with Gasteiger partial charge in [0.25, 0.3) is 0 Å². The molecule has 0 aliphatic carbocycles. The van der Waals surface area contributed by atoms with Crippen LogP contribution in [0.2, 0.25) is 0 Å². The van der Waals surface area contributed by atoms with Gasteiger partial charge in [0, 0.05) is 7.05 Å². The maximum absolute atomic E-state index is 12.9. The number of hydrogen-bond acceptors (Lipinski definition) is 31. The molecule has 0 saturated heterocycles. The predicted octanol–water partition coefficient (Wildman–Crippen LogP) is -12.9. The number of sulfone groups is 2. The number of rotatable bonds is 23. The second-order valence-electron chi connectivity index (χ2n) is 12.3. The molecule has 0 unspecified atom stereocenters. The van der Waals surface area contributed by atoms with Gasteiger partial charge in [-0.3, -0.25) is 13.4 Å². The third-order valence-corrected chi connectivity index (χ3v) is 14.8. The monoisotopic (exact) mass is 1190 g/mol. The number of nitrogens with one attached hydrogen (secondary N) is 1. The normalized spacial score (nSPS) is 12.3. The van der Waals surface area contributed by atoms with Gasteiger partial charge in [0.05, 0.1) is 67.7 Å². The third kappa shape index (κ3) is 21.5. The van der Waals surface area contributed by atoms with Gasteiger partial charge in [0.2, 0.25) is 10.4 Å². The molecule has 0 saturated carbocycles. The van der Waals surface area contributed by atoms with Gasteiger partial charge in [-0.1, -0.05) is 0 Å². The second-order valence-corrected chi connectivity index (χ2v) is 22.1. The Labute approximate surface area is 526 Å². The van der Waals surface area contributed by atoms with E-state index in [4.69, 9.17) is 10.5 Å². The van der Waals surface area contributed by atoms with Crippen LogP contribution in [0.5, 0.6) is 5.75 Å². The van der Waals surface area contributed by atoms with Crippen LogP contribution in [0.15, 0.2) is 116 Å². The van der Waals surface area contributed by atoms with E-state index < -0.39 is 149 Å². The Morgan fingerprint density at radius 2 is 0.986 bits per heavy atom. The van der Waals surface area contributed by atoms with Gasteiger partial charge >= 0.3 is 148 Å². The number of anilines is 2. The van der Waals surface area contributed by atoms with Gasteiger partial charge in [-0.15, -0.1) is 35.0 Å². The molecular weight excluding hydrogens is 1160 g/mol. The molecule has 0 bridgehead atoms. The summed E-state index contributed by atoms with van der Waals surface area (Å²) >= 11 is -0.0129. The second kappa shape index (κ2) is 31.4. The van der Waals surface area contributed by atoms with Crippen molar-refractivity contribution in [1.29, 1.82) is 0 Å². The Kier molecular flexibility index (Phi) is 32.2. The standard InChI is InChI=1S/C30H32N8O22S7.5Na/c1-32-29-24(37-34-21-7-4-18(14-26(21)65(47,48)49)62(40,41)11-9-57-61-60-59-39)16-23(36-33-20-6-3-17(56-2)13-25(20)64(44,45)46)28(31)30(29)38-35-22-8-5-19(15-27(22)66(50,51)52)63(42,43)12-10-58-67(53,54)55;;;;;/h3-8,13-16,32,39H,9-12,31H2,1-2H3,(H,44,45,46)(H,47,48,49)(H,50,51,52)(H,53,54,55);;;;;/q;5*+1/p-5. The molecule has 4 aromatic carbocycles. The smallest absolute Gasteiger partial charge is 0.744 e. The molecule has 0 radical (unpaired) electrons. The molecule has 0 heterocycles. The molecule has 30 nitrogen and oxygen atoms in total. The van der Waals surface area contributed by atoms with Gasteiger partial charge < -0.3 is 39.3 Å². The number of methoxy groups -OCH3 is 1. The Balaban J connectivity index is 0.